The molecule has 7 nitrogen and oxygen atoms in total. The van der Waals surface area contributed by atoms with E-state index >= 15 is 0 Å². The summed E-state index contributed by atoms with van der Waals surface area (Å²) in [6.07, 6.45) is 8.71. The van der Waals surface area contributed by atoms with Gasteiger partial charge < -0.3 is 23.2 Å². The van der Waals surface area contributed by atoms with E-state index in [9.17, 15) is 10.1 Å². The van der Waals surface area contributed by atoms with Gasteiger partial charge in [-0.1, -0.05) is 0 Å². The number of nitrogens with zero attached hydrogens (tertiary/aromatic N) is 2. The SMILES string of the molecule is CCOC(=O)c1ccc(-n2cc(C#N)c(C=Cc3ccco3)c2)cc1OCOC. The third-order valence-electron chi connectivity index (χ3n) is 4.04. The number of esters is 1. The minimum absolute atomic E-state index is 0.0118. The summed E-state index contributed by atoms with van der Waals surface area (Å²) in [6.45, 7) is 1.99. The average Bonchev–Trinajstić information content (AvgIpc) is 3.40. The largest absolute Gasteiger partial charge is 0.467 e. The molecule has 0 aliphatic rings. The van der Waals surface area contributed by atoms with Crippen molar-refractivity contribution in [3.8, 4) is 17.5 Å². The van der Waals surface area contributed by atoms with Gasteiger partial charge in [0.25, 0.3) is 0 Å². The molecule has 2 aromatic heterocycles. The van der Waals surface area contributed by atoms with Gasteiger partial charge in [-0.15, -0.1) is 0 Å². The highest BCUT2D eigenvalue weighted by molar-refractivity contribution is 5.93. The van der Waals surface area contributed by atoms with Crippen molar-refractivity contribution in [2.75, 3.05) is 20.5 Å². The molecule has 1 aromatic carbocycles. The first-order valence-corrected chi connectivity index (χ1v) is 8.93. The van der Waals surface area contributed by atoms with Crippen LogP contribution >= 0.6 is 0 Å². The molecule has 3 rings (SSSR count). The Morgan fingerprint density at radius 3 is 2.83 bits per heavy atom. The smallest absolute Gasteiger partial charge is 0.341 e. The molecule has 0 radical (unpaired) electrons. The summed E-state index contributed by atoms with van der Waals surface area (Å²) >= 11 is 0. The summed E-state index contributed by atoms with van der Waals surface area (Å²) in [6, 6.07) is 10.9. The normalized spacial score (nSPS) is 10.8. The Balaban J connectivity index is 1.95. The quantitative estimate of drug-likeness (QED) is 0.420. The summed E-state index contributed by atoms with van der Waals surface area (Å²) in [5, 5.41) is 9.46. The molecule has 0 spiro atoms. The fourth-order valence-corrected chi connectivity index (χ4v) is 2.69. The lowest BCUT2D eigenvalue weighted by Crippen LogP contribution is -2.10. The summed E-state index contributed by atoms with van der Waals surface area (Å²) in [5.74, 6) is 0.552. The van der Waals surface area contributed by atoms with Crippen LogP contribution in [0.15, 0.2) is 53.4 Å². The van der Waals surface area contributed by atoms with Gasteiger partial charge >= 0.3 is 5.97 Å². The molecule has 0 N–H and O–H groups in total. The molecule has 2 heterocycles. The lowest BCUT2D eigenvalue weighted by Gasteiger charge is -2.12. The van der Waals surface area contributed by atoms with Crippen LogP contribution in [0.4, 0.5) is 0 Å². The lowest BCUT2D eigenvalue weighted by atomic mass is 10.2. The Kier molecular flexibility index (Phi) is 6.51. The fraction of sp³-hybridized carbons (Fsp3) is 0.182. The molecule has 0 saturated carbocycles. The first kappa shape index (κ1) is 20.0. The van der Waals surface area contributed by atoms with Crippen LogP contribution in [0.5, 0.6) is 5.75 Å². The fourth-order valence-electron chi connectivity index (χ4n) is 2.69. The standard InChI is InChI=1S/C22H20N2O5/c1-3-27-22(25)20-9-7-18(11-21(20)29-15-26-2)24-13-16(17(12-23)14-24)6-8-19-5-4-10-28-19/h4-11,13-14H,3,15H2,1-2H3. The second-order valence-corrected chi connectivity index (χ2v) is 5.95. The monoisotopic (exact) mass is 392 g/mol. The maximum absolute atomic E-state index is 12.2. The van der Waals surface area contributed by atoms with Crippen LogP contribution in [0.25, 0.3) is 17.8 Å². The molecule has 148 valence electrons. The maximum atomic E-state index is 12.2. The molecule has 0 unspecified atom stereocenters. The van der Waals surface area contributed by atoms with Crippen molar-refractivity contribution < 1.29 is 23.4 Å². The number of nitriles is 1. The van der Waals surface area contributed by atoms with Crippen molar-refractivity contribution in [3.05, 3.63) is 71.4 Å². The number of carbonyl (C=O) groups excluding carboxylic acids is 1. The van der Waals surface area contributed by atoms with Crippen LogP contribution in [-0.2, 0) is 9.47 Å². The highest BCUT2D eigenvalue weighted by Crippen LogP contribution is 2.26. The van der Waals surface area contributed by atoms with E-state index < -0.39 is 5.97 Å². The Morgan fingerprint density at radius 1 is 1.28 bits per heavy atom. The topological polar surface area (TPSA) is 86.6 Å². The highest BCUT2D eigenvalue weighted by atomic mass is 16.7. The van der Waals surface area contributed by atoms with E-state index in [4.69, 9.17) is 18.6 Å². The van der Waals surface area contributed by atoms with E-state index in [0.717, 1.165) is 11.3 Å². The number of benzene rings is 1. The van der Waals surface area contributed by atoms with Gasteiger partial charge in [0.05, 0.1) is 18.4 Å². The van der Waals surface area contributed by atoms with E-state index in [2.05, 4.69) is 6.07 Å². The molecule has 0 saturated heterocycles. The zero-order valence-corrected chi connectivity index (χ0v) is 16.1. The lowest BCUT2D eigenvalue weighted by molar-refractivity contribution is 0.0438. The Labute approximate surface area is 168 Å². The number of rotatable bonds is 8. The van der Waals surface area contributed by atoms with Crippen LogP contribution in [0.2, 0.25) is 0 Å². The summed E-state index contributed by atoms with van der Waals surface area (Å²) in [4.78, 5) is 12.2. The van der Waals surface area contributed by atoms with Crippen LogP contribution < -0.4 is 4.74 Å². The molecule has 0 aliphatic heterocycles. The Hall–Kier alpha value is -3.76. The summed E-state index contributed by atoms with van der Waals surface area (Å²) in [7, 11) is 1.50. The number of aromatic nitrogens is 1. The van der Waals surface area contributed by atoms with Crippen molar-refractivity contribution in [2.24, 2.45) is 0 Å². The number of furan rings is 1. The third-order valence-corrected chi connectivity index (χ3v) is 4.04. The average molecular weight is 392 g/mol. The Bertz CT molecular complexity index is 1040. The van der Waals surface area contributed by atoms with Gasteiger partial charge in [0.2, 0.25) is 0 Å². The molecular formula is C22H20N2O5. The summed E-state index contributed by atoms with van der Waals surface area (Å²) in [5.41, 5.74) is 2.26. The van der Waals surface area contributed by atoms with Crippen LogP contribution in [0.3, 0.4) is 0 Å². The van der Waals surface area contributed by atoms with Crippen molar-refractivity contribution in [3.63, 3.8) is 0 Å². The summed E-state index contributed by atoms with van der Waals surface area (Å²) < 4.78 is 22.6. The first-order valence-electron chi connectivity index (χ1n) is 8.93. The maximum Gasteiger partial charge on any atom is 0.341 e. The minimum atomic E-state index is -0.475. The van der Waals surface area contributed by atoms with Crippen molar-refractivity contribution >= 4 is 18.1 Å². The first-order chi connectivity index (χ1) is 14.2. The van der Waals surface area contributed by atoms with Gasteiger partial charge in [0.1, 0.15) is 23.1 Å². The second kappa shape index (κ2) is 9.44. The van der Waals surface area contributed by atoms with E-state index in [1.54, 1.807) is 54.3 Å². The molecule has 0 atom stereocenters. The molecule has 0 bridgehead atoms. The van der Waals surface area contributed by atoms with Crippen molar-refractivity contribution in [1.29, 1.82) is 5.26 Å². The van der Waals surface area contributed by atoms with Gasteiger partial charge in [-0.2, -0.15) is 5.26 Å². The molecule has 0 aliphatic carbocycles. The van der Waals surface area contributed by atoms with Crippen LogP contribution in [0.1, 0.15) is 34.2 Å². The van der Waals surface area contributed by atoms with Gasteiger partial charge in [0.15, 0.2) is 6.79 Å². The number of hydrogen-bond acceptors (Lipinski definition) is 6. The van der Waals surface area contributed by atoms with Crippen LogP contribution in [-0.4, -0.2) is 31.0 Å². The van der Waals surface area contributed by atoms with Gasteiger partial charge in [-0.05, 0) is 43.3 Å². The number of carbonyl (C=O) groups is 1. The Morgan fingerprint density at radius 2 is 2.14 bits per heavy atom. The second-order valence-electron chi connectivity index (χ2n) is 5.95. The van der Waals surface area contributed by atoms with Crippen molar-refractivity contribution in [2.45, 2.75) is 6.92 Å². The molecule has 3 aromatic rings. The van der Waals surface area contributed by atoms with Crippen LogP contribution in [0, 0.1) is 11.3 Å². The number of ether oxygens (including phenoxy) is 3. The molecular weight excluding hydrogens is 372 g/mol. The molecule has 7 heteroatoms. The van der Waals surface area contributed by atoms with E-state index in [1.807, 2.05) is 18.3 Å². The zero-order valence-electron chi connectivity index (χ0n) is 16.1. The van der Waals surface area contributed by atoms with Gasteiger partial charge in [-0.25, -0.2) is 4.79 Å². The third kappa shape index (κ3) is 4.75. The molecule has 0 fully saturated rings. The van der Waals surface area contributed by atoms with Gasteiger partial charge in [0, 0.05) is 36.8 Å². The molecule has 0 amide bonds. The highest BCUT2D eigenvalue weighted by Gasteiger charge is 2.16. The minimum Gasteiger partial charge on any atom is -0.467 e. The number of methoxy groups -OCH3 is 1. The van der Waals surface area contributed by atoms with Gasteiger partial charge in [-0.3, -0.25) is 0 Å². The number of hydrogen-bond donors (Lipinski definition) is 0. The van der Waals surface area contributed by atoms with E-state index in [0.29, 0.717) is 22.6 Å². The molecule has 29 heavy (non-hydrogen) atoms. The van der Waals surface area contributed by atoms with E-state index in [-0.39, 0.29) is 13.4 Å². The zero-order chi connectivity index (χ0) is 20.6. The predicted octanol–water partition coefficient (Wildman–Crippen LogP) is 4.27. The van der Waals surface area contributed by atoms with Crippen molar-refractivity contribution in [1.82, 2.24) is 4.57 Å². The predicted molar refractivity (Wildman–Crippen MR) is 107 cm³/mol. The van der Waals surface area contributed by atoms with E-state index in [1.165, 1.54) is 7.11 Å².